The molecular formula is C10H11N3O2. The maximum atomic E-state index is 5.21. The van der Waals surface area contributed by atoms with Crippen molar-refractivity contribution in [2.24, 2.45) is 0 Å². The number of rotatable bonds is 4. The Hall–Kier alpha value is -1.88. The molecule has 5 heteroatoms. The predicted molar refractivity (Wildman–Crippen MR) is 54.3 cm³/mol. The highest BCUT2D eigenvalue weighted by atomic mass is 16.7. The molecule has 0 spiro atoms. The van der Waals surface area contributed by atoms with E-state index in [0.717, 1.165) is 11.5 Å². The summed E-state index contributed by atoms with van der Waals surface area (Å²) in [6.45, 7) is 0.224. The average Bonchev–Trinajstić information content (AvgIpc) is 2.80. The summed E-state index contributed by atoms with van der Waals surface area (Å²) in [4.78, 5) is 11.3. The molecule has 0 atom stereocenters. The number of pyridine rings is 1. The number of H-pyrrole nitrogens is 1. The summed E-state index contributed by atoms with van der Waals surface area (Å²) in [5.41, 5.74) is 0.782. The van der Waals surface area contributed by atoms with E-state index >= 15 is 0 Å². The molecule has 0 unspecified atom stereocenters. The molecule has 0 aliphatic heterocycles. The molecule has 0 radical (unpaired) electrons. The highest BCUT2D eigenvalue weighted by Crippen LogP contribution is 2.15. The summed E-state index contributed by atoms with van der Waals surface area (Å²) in [7, 11) is 1.57. The van der Waals surface area contributed by atoms with Crippen molar-refractivity contribution in [1.29, 1.82) is 0 Å². The second kappa shape index (κ2) is 4.56. The first-order valence-electron chi connectivity index (χ1n) is 4.47. The molecule has 0 amide bonds. The monoisotopic (exact) mass is 205 g/mol. The zero-order valence-electron chi connectivity index (χ0n) is 8.30. The van der Waals surface area contributed by atoms with E-state index in [2.05, 4.69) is 15.0 Å². The summed E-state index contributed by atoms with van der Waals surface area (Å²) in [6, 6.07) is 3.66. The number of imidazole rings is 1. The average molecular weight is 205 g/mol. The molecule has 0 aliphatic rings. The van der Waals surface area contributed by atoms with Crippen molar-refractivity contribution < 1.29 is 9.47 Å². The van der Waals surface area contributed by atoms with Crippen LogP contribution in [-0.4, -0.2) is 28.9 Å². The third-order valence-corrected chi connectivity index (χ3v) is 1.82. The third-order valence-electron chi connectivity index (χ3n) is 1.82. The predicted octanol–water partition coefficient (Wildman–Crippen LogP) is 1.45. The summed E-state index contributed by atoms with van der Waals surface area (Å²) in [6.07, 6.45) is 5.08. The summed E-state index contributed by atoms with van der Waals surface area (Å²) >= 11 is 0. The lowest BCUT2D eigenvalue weighted by atomic mass is 10.3. The van der Waals surface area contributed by atoms with Gasteiger partial charge in [0.05, 0.1) is 6.20 Å². The first-order chi connectivity index (χ1) is 7.40. The molecule has 15 heavy (non-hydrogen) atoms. The molecule has 1 N–H and O–H groups in total. The first kappa shape index (κ1) is 9.67. The van der Waals surface area contributed by atoms with Crippen molar-refractivity contribution in [3.8, 4) is 17.3 Å². The molecule has 0 fully saturated rings. The Bertz CT molecular complexity index is 397. The Morgan fingerprint density at radius 2 is 2.27 bits per heavy atom. The number of ether oxygens (including phenoxy) is 2. The number of hydrogen-bond acceptors (Lipinski definition) is 4. The Labute approximate surface area is 87.1 Å². The van der Waals surface area contributed by atoms with Crippen LogP contribution in [0.3, 0.4) is 0 Å². The first-order valence-corrected chi connectivity index (χ1v) is 4.47. The largest absolute Gasteiger partial charge is 0.466 e. The van der Waals surface area contributed by atoms with Crippen LogP contribution in [0.25, 0.3) is 11.5 Å². The maximum absolute atomic E-state index is 5.21. The molecule has 2 heterocycles. The van der Waals surface area contributed by atoms with Crippen LogP contribution >= 0.6 is 0 Å². The van der Waals surface area contributed by atoms with Gasteiger partial charge in [0.25, 0.3) is 0 Å². The molecule has 0 bridgehead atoms. The second-order valence-corrected chi connectivity index (χ2v) is 2.87. The Kier molecular flexibility index (Phi) is 2.94. The number of aromatic nitrogens is 3. The third kappa shape index (κ3) is 2.32. The van der Waals surface area contributed by atoms with Crippen molar-refractivity contribution >= 4 is 0 Å². The fourth-order valence-corrected chi connectivity index (χ4v) is 1.14. The van der Waals surface area contributed by atoms with Crippen molar-refractivity contribution in [3.63, 3.8) is 0 Å². The van der Waals surface area contributed by atoms with Gasteiger partial charge in [-0.15, -0.1) is 0 Å². The lowest BCUT2D eigenvalue weighted by Crippen LogP contribution is -1.99. The number of nitrogens with one attached hydrogen (secondary N) is 1. The number of aromatic amines is 1. The van der Waals surface area contributed by atoms with Gasteiger partial charge in [-0.25, -0.2) is 9.97 Å². The van der Waals surface area contributed by atoms with E-state index in [1.54, 1.807) is 25.7 Å². The summed E-state index contributed by atoms with van der Waals surface area (Å²) in [5, 5.41) is 0. The van der Waals surface area contributed by atoms with Gasteiger partial charge in [-0.2, -0.15) is 0 Å². The molecule has 78 valence electrons. The molecule has 2 aromatic rings. The SMILES string of the molecule is COCOc1ccc(-c2ncc[nH]2)nc1. The molecule has 2 rings (SSSR count). The van der Waals surface area contributed by atoms with E-state index in [1.165, 1.54) is 0 Å². The lowest BCUT2D eigenvalue weighted by molar-refractivity contribution is 0.0509. The van der Waals surface area contributed by atoms with Gasteiger partial charge in [0.15, 0.2) is 12.6 Å². The van der Waals surface area contributed by atoms with E-state index in [4.69, 9.17) is 9.47 Å². The fourth-order valence-electron chi connectivity index (χ4n) is 1.14. The van der Waals surface area contributed by atoms with Crippen LogP contribution in [-0.2, 0) is 4.74 Å². The number of nitrogens with zero attached hydrogens (tertiary/aromatic N) is 2. The second-order valence-electron chi connectivity index (χ2n) is 2.87. The van der Waals surface area contributed by atoms with Gasteiger partial charge in [0.1, 0.15) is 11.4 Å². The van der Waals surface area contributed by atoms with Gasteiger partial charge in [-0.05, 0) is 12.1 Å². The van der Waals surface area contributed by atoms with Crippen LogP contribution < -0.4 is 4.74 Å². The molecule has 0 saturated carbocycles. The zero-order valence-corrected chi connectivity index (χ0v) is 8.30. The lowest BCUT2D eigenvalue weighted by Gasteiger charge is -2.03. The van der Waals surface area contributed by atoms with Gasteiger partial charge in [0.2, 0.25) is 0 Å². The summed E-state index contributed by atoms with van der Waals surface area (Å²) < 4.78 is 9.99. The smallest absolute Gasteiger partial charge is 0.188 e. The highest BCUT2D eigenvalue weighted by molar-refractivity contribution is 5.49. The molecule has 0 aliphatic carbocycles. The van der Waals surface area contributed by atoms with Crippen molar-refractivity contribution in [2.75, 3.05) is 13.9 Å². The van der Waals surface area contributed by atoms with Crippen LogP contribution in [0.4, 0.5) is 0 Å². The van der Waals surface area contributed by atoms with Crippen LogP contribution in [0.15, 0.2) is 30.7 Å². The van der Waals surface area contributed by atoms with Crippen molar-refractivity contribution in [3.05, 3.63) is 30.7 Å². The topological polar surface area (TPSA) is 60.0 Å². The van der Waals surface area contributed by atoms with Crippen molar-refractivity contribution in [2.45, 2.75) is 0 Å². The van der Waals surface area contributed by atoms with E-state index < -0.39 is 0 Å². The molecule has 2 aromatic heterocycles. The minimum Gasteiger partial charge on any atom is -0.466 e. The van der Waals surface area contributed by atoms with E-state index in [-0.39, 0.29) is 6.79 Å². The van der Waals surface area contributed by atoms with Crippen LogP contribution in [0.1, 0.15) is 0 Å². The van der Waals surface area contributed by atoms with Gasteiger partial charge >= 0.3 is 0 Å². The molecule has 0 saturated heterocycles. The minimum atomic E-state index is 0.224. The van der Waals surface area contributed by atoms with Crippen LogP contribution in [0.5, 0.6) is 5.75 Å². The molecule has 0 aromatic carbocycles. The number of hydrogen-bond donors (Lipinski definition) is 1. The Morgan fingerprint density at radius 1 is 1.33 bits per heavy atom. The van der Waals surface area contributed by atoms with E-state index in [0.29, 0.717) is 5.75 Å². The minimum absolute atomic E-state index is 0.224. The van der Waals surface area contributed by atoms with Gasteiger partial charge in [0, 0.05) is 19.5 Å². The van der Waals surface area contributed by atoms with Crippen LogP contribution in [0, 0.1) is 0 Å². The molecular weight excluding hydrogens is 194 g/mol. The fraction of sp³-hybridized carbons (Fsp3) is 0.200. The Balaban J connectivity index is 2.11. The highest BCUT2D eigenvalue weighted by Gasteiger charge is 2.01. The number of methoxy groups -OCH3 is 1. The van der Waals surface area contributed by atoms with Gasteiger partial charge in [-0.1, -0.05) is 0 Å². The normalized spacial score (nSPS) is 10.2. The van der Waals surface area contributed by atoms with E-state index in [1.807, 2.05) is 12.1 Å². The van der Waals surface area contributed by atoms with Gasteiger partial charge < -0.3 is 14.5 Å². The standard InChI is InChI=1S/C10H11N3O2/c1-14-7-15-8-2-3-9(13-6-8)10-11-4-5-12-10/h2-6H,7H2,1H3,(H,11,12). The quantitative estimate of drug-likeness (QED) is 0.767. The maximum Gasteiger partial charge on any atom is 0.188 e. The van der Waals surface area contributed by atoms with Crippen LogP contribution in [0.2, 0.25) is 0 Å². The summed E-state index contributed by atoms with van der Waals surface area (Å²) in [5.74, 6) is 1.42. The Morgan fingerprint density at radius 3 is 2.87 bits per heavy atom. The van der Waals surface area contributed by atoms with E-state index in [9.17, 15) is 0 Å². The van der Waals surface area contributed by atoms with Crippen molar-refractivity contribution in [1.82, 2.24) is 15.0 Å². The zero-order chi connectivity index (χ0) is 10.5. The molecule has 5 nitrogen and oxygen atoms in total. The van der Waals surface area contributed by atoms with Gasteiger partial charge in [-0.3, -0.25) is 0 Å².